The maximum absolute atomic E-state index is 12.4. The average molecular weight is 341 g/mol. The van der Waals surface area contributed by atoms with E-state index in [1.807, 2.05) is 55.8 Å². The SMILES string of the molecule is Cc1csc(CN(C)C(=O)Nc2nn(-c3ccccc3)cc2C)n1. The number of rotatable bonds is 4. The Morgan fingerprint density at radius 1 is 1.29 bits per heavy atom. The fourth-order valence-corrected chi connectivity index (χ4v) is 3.07. The van der Waals surface area contributed by atoms with Gasteiger partial charge in [-0.3, -0.25) is 5.32 Å². The Hall–Kier alpha value is -2.67. The quantitative estimate of drug-likeness (QED) is 0.788. The molecule has 2 heterocycles. The number of nitrogens with zero attached hydrogens (tertiary/aromatic N) is 4. The van der Waals surface area contributed by atoms with Crippen LogP contribution in [0.25, 0.3) is 5.69 Å². The number of anilines is 1. The van der Waals surface area contributed by atoms with Gasteiger partial charge in [-0.1, -0.05) is 18.2 Å². The molecule has 0 radical (unpaired) electrons. The maximum Gasteiger partial charge on any atom is 0.323 e. The van der Waals surface area contributed by atoms with E-state index in [-0.39, 0.29) is 6.03 Å². The minimum absolute atomic E-state index is 0.204. The van der Waals surface area contributed by atoms with Crippen molar-refractivity contribution in [3.63, 3.8) is 0 Å². The van der Waals surface area contributed by atoms with Crippen molar-refractivity contribution in [3.05, 3.63) is 58.2 Å². The van der Waals surface area contributed by atoms with Crippen molar-refractivity contribution in [1.29, 1.82) is 0 Å². The van der Waals surface area contributed by atoms with Crippen LogP contribution < -0.4 is 5.32 Å². The number of carbonyl (C=O) groups excluding carboxylic acids is 1. The molecule has 0 aliphatic carbocycles. The zero-order chi connectivity index (χ0) is 17.1. The molecule has 1 N–H and O–H groups in total. The monoisotopic (exact) mass is 341 g/mol. The lowest BCUT2D eigenvalue weighted by Crippen LogP contribution is -2.31. The number of para-hydroxylation sites is 1. The lowest BCUT2D eigenvalue weighted by atomic mass is 10.3. The van der Waals surface area contributed by atoms with Gasteiger partial charge >= 0.3 is 6.03 Å². The van der Waals surface area contributed by atoms with E-state index in [2.05, 4.69) is 15.4 Å². The zero-order valence-corrected chi connectivity index (χ0v) is 14.7. The number of carbonyl (C=O) groups is 1. The first kappa shape index (κ1) is 16.2. The van der Waals surface area contributed by atoms with Crippen molar-refractivity contribution in [2.75, 3.05) is 12.4 Å². The number of hydrogen-bond acceptors (Lipinski definition) is 4. The predicted molar refractivity (Wildman–Crippen MR) is 95.6 cm³/mol. The van der Waals surface area contributed by atoms with E-state index in [1.54, 1.807) is 28.0 Å². The molecule has 2 amide bonds. The molecule has 0 aliphatic heterocycles. The molecule has 124 valence electrons. The van der Waals surface area contributed by atoms with E-state index in [0.717, 1.165) is 22.0 Å². The molecule has 3 rings (SSSR count). The number of aryl methyl sites for hydroxylation is 2. The van der Waals surface area contributed by atoms with Gasteiger partial charge in [0.1, 0.15) is 5.01 Å². The predicted octanol–water partition coefficient (Wildman–Crippen LogP) is 3.61. The largest absolute Gasteiger partial charge is 0.323 e. The number of aromatic nitrogens is 3. The lowest BCUT2D eigenvalue weighted by Gasteiger charge is -2.15. The molecule has 2 aromatic heterocycles. The number of benzene rings is 1. The Labute approximate surface area is 144 Å². The highest BCUT2D eigenvalue weighted by Gasteiger charge is 2.15. The van der Waals surface area contributed by atoms with Crippen LogP contribution in [0.5, 0.6) is 0 Å². The van der Waals surface area contributed by atoms with Crippen LogP contribution >= 0.6 is 11.3 Å². The highest BCUT2D eigenvalue weighted by molar-refractivity contribution is 7.09. The van der Waals surface area contributed by atoms with Crippen LogP contribution in [0.3, 0.4) is 0 Å². The van der Waals surface area contributed by atoms with Crippen LogP contribution in [0.1, 0.15) is 16.3 Å². The van der Waals surface area contributed by atoms with Crippen LogP contribution in [0, 0.1) is 13.8 Å². The first-order chi connectivity index (χ1) is 11.5. The number of thiazole rings is 1. The smallest absolute Gasteiger partial charge is 0.321 e. The summed E-state index contributed by atoms with van der Waals surface area (Å²) in [5, 5.41) is 10.2. The third-order valence-corrected chi connectivity index (χ3v) is 4.48. The number of hydrogen-bond donors (Lipinski definition) is 1. The summed E-state index contributed by atoms with van der Waals surface area (Å²) in [5.74, 6) is 0.561. The number of amides is 2. The molecule has 0 saturated carbocycles. The minimum Gasteiger partial charge on any atom is -0.321 e. The van der Waals surface area contributed by atoms with Crippen molar-refractivity contribution in [1.82, 2.24) is 19.7 Å². The molecular weight excluding hydrogens is 322 g/mol. The summed E-state index contributed by atoms with van der Waals surface area (Å²) in [4.78, 5) is 18.3. The first-order valence-electron chi connectivity index (χ1n) is 7.58. The zero-order valence-electron chi connectivity index (χ0n) is 13.9. The second kappa shape index (κ2) is 6.84. The summed E-state index contributed by atoms with van der Waals surface area (Å²) in [5.41, 5.74) is 2.83. The summed E-state index contributed by atoms with van der Waals surface area (Å²) in [6.07, 6.45) is 1.90. The number of nitrogens with one attached hydrogen (secondary N) is 1. The van der Waals surface area contributed by atoms with Crippen molar-refractivity contribution in [2.24, 2.45) is 0 Å². The van der Waals surface area contributed by atoms with Crippen LogP contribution in [0.2, 0.25) is 0 Å². The van der Waals surface area contributed by atoms with Gasteiger partial charge < -0.3 is 4.90 Å². The van der Waals surface area contributed by atoms with Gasteiger partial charge in [0.2, 0.25) is 0 Å². The van der Waals surface area contributed by atoms with Crippen molar-refractivity contribution in [3.8, 4) is 5.69 Å². The van der Waals surface area contributed by atoms with Gasteiger partial charge in [-0.05, 0) is 26.0 Å². The fourth-order valence-electron chi connectivity index (χ4n) is 2.24. The van der Waals surface area contributed by atoms with E-state index < -0.39 is 0 Å². The van der Waals surface area contributed by atoms with E-state index in [9.17, 15) is 4.79 Å². The molecule has 0 spiro atoms. The second-order valence-electron chi connectivity index (χ2n) is 5.61. The van der Waals surface area contributed by atoms with Gasteiger partial charge in [0, 0.05) is 29.9 Å². The van der Waals surface area contributed by atoms with Gasteiger partial charge in [0.25, 0.3) is 0 Å². The average Bonchev–Trinajstić information content (AvgIpc) is 3.14. The molecular formula is C17H19N5OS. The molecule has 6 nitrogen and oxygen atoms in total. The topological polar surface area (TPSA) is 63.1 Å². The summed E-state index contributed by atoms with van der Waals surface area (Å²) < 4.78 is 1.76. The Bertz CT molecular complexity index is 840. The van der Waals surface area contributed by atoms with Crippen LogP contribution in [-0.4, -0.2) is 32.7 Å². The Morgan fingerprint density at radius 2 is 2.04 bits per heavy atom. The Morgan fingerprint density at radius 3 is 2.71 bits per heavy atom. The first-order valence-corrected chi connectivity index (χ1v) is 8.45. The van der Waals surface area contributed by atoms with Crippen molar-refractivity contribution in [2.45, 2.75) is 20.4 Å². The van der Waals surface area contributed by atoms with Crippen LogP contribution in [0.4, 0.5) is 10.6 Å². The van der Waals surface area contributed by atoms with Crippen LogP contribution in [-0.2, 0) is 6.54 Å². The molecule has 0 unspecified atom stereocenters. The molecule has 0 aliphatic rings. The Balaban J connectivity index is 1.69. The molecule has 0 bridgehead atoms. The summed E-state index contributed by atoms with van der Waals surface area (Å²) >= 11 is 1.55. The minimum atomic E-state index is -0.204. The van der Waals surface area contributed by atoms with E-state index in [4.69, 9.17) is 0 Å². The van der Waals surface area contributed by atoms with Crippen molar-refractivity contribution < 1.29 is 4.79 Å². The van der Waals surface area contributed by atoms with Crippen molar-refractivity contribution >= 4 is 23.2 Å². The summed E-state index contributed by atoms with van der Waals surface area (Å²) in [6.45, 7) is 4.34. The standard InChI is InChI=1S/C17H19N5OS/c1-12-9-22(14-7-5-4-6-8-14)20-16(12)19-17(23)21(3)10-15-18-13(2)11-24-15/h4-9,11H,10H2,1-3H3,(H,19,20,23). The third kappa shape index (κ3) is 3.62. The van der Waals surface area contributed by atoms with E-state index >= 15 is 0 Å². The molecule has 24 heavy (non-hydrogen) atoms. The van der Waals surface area contributed by atoms with Gasteiger partial charge in [0.05, 0.1) is 12.2 Å². The van der Waals surface area contributed by atoms with Gasteiger partial charge in [-0.2, -0.15) is 0 Å². The van der Waals surface area contributed by atoms with Gasteiger partial charge in [0.15, 0.2) is 5.82 Å². The molecule has 7 heteroatoms. The fraction of sp³-hybridized carbons (Fsp3) is 0.235. The Kier molecular flexibility index (Phi) is 4.61. The normalized spacial score (nSPS) is 10.6. The highest BCUT2D eigenvalue weighted by Crippen LogP contribution is 2.17. The number of urea groups is 1. The lowest BCUT2D eigenvalue weighted by molar-refractivity contribution is 0.220. The molecule has 0 atom stereocenters. The maximum atomic E-state index is 12.4. The molecule has 0 fully saturated rings. The third-order valence-electron chi connectivity index (χ3n) is 3.53. The van der Waals surface area contributed by atoms with E-state index in [0.29, 0.717) is 12.4 Å². The highest BCUT2D eigenvalue weighted by atomic mass is 32.1. The molecule has 0 saturated heterocycles. The van der Waals surface area contributed by atoms with Gasteiger partial charge in [-0.15, -0.1) is 16.4 Å². The van der Waals surface area contributed by atoms with Gasteiger partial charge in [-0.25, -0.2) is 14.5 Å². The van der Waals surface area contributed by atoms with E-state index in [1.165, 1.54) is 0 Å². The second-order valence-corrected chi connectivity index (χ2v) is 6.55. The molecule has 3 aromatic rings. The molecule has 1 aromatic carbocycles. The summed E-state index contributed by atoms with van der Waals surface area (Å²) in [6, 6.07) is 9.59. The summed E-state index contributed by atoms with van der Waals surface area (Å²) in [7, 11) is 1.75. The van der Waals surface area contributed by atoms with Crippen LogP contribution in [0.15, 0.2) is 41.9 Å².